The number of likely N-dealkylation sites (tertiary alicyclic amines) is 1. The Hall–Kier alpha value is -1.88. The standard InChI is InChI=1S/C21H30N2O3/c1-16(2)18(17-7-4-3-5-8-17)15-20(24)23-10-6-9-19(23)21(25)22-11-13-26-14-12-22/h3-5,7-8,16,18-19H,6,9-15H2,1-2H3/t18?,19-/m1/s1. The Morgan fingerprint density at radius 1 is 1.12 bits per heavy atom. The summed E-state index contributed by atoms with van der Waals surface area (Å²) in [6.45, 7) is 7.47. The number of morpholine rings is 1. The summed E-state index contributed by atoms with van der Waals surface area (Å²) >= 11 is 0. The minimum atomic E-state index is -0.288. The maximum Gasteiger partial charge on any atom is 0.245 e. The van der Waals surface area contributed by atoms with Gasteiger partial charge in [0.15, 0.2) is 0 Å². The van der Waals surface area contributed by atoms with Gasteiger partial charge in [0.05, 0.1) is 13.2 Å². The van der Waals surface area contributed by atoms with Gasteiger partial charge in [-0.3, -0.25) is 9.59 Å². The second-order valence-corrected chi connectivity index (χ2v) is 7.65. The normalized spacial score (nSPS) is 21.9. The van der Waals surface area contributed by atoms with Crippen LogP contribution in [0.3, 0.4) is 0 Å². The van der Waals surface area contributed by atoms with Crippen LogP contribution in [0, 0.1) is 5.92 Å². The molecule has 2 amide bonds. The van der Waals surface area contributed by atoms with Gasteiger partial charge >= 0.3 is 0 Å². The molecular formula is C21H30N2O3. The Balaban J connectivity index is 1.68. The fourth-order valence-electron chi connectivity index (χ4n) is 4.06. The smallest absolute Gasteiger partial charge is 0.245 e. The molecule has 2 fully saturated rings. The molecule has 0 radical (unpaired) electrons. The van der Waals surface area contributed by atoms with Gasteiger partial charge in [0, 0.05) is 26.1 Å². The third kappa shape index (κ3) is 4.26. The van der Waals surface area contributed by atoms with E-state index in [0.29, 0.717) is 45.2 Å². The van der Waals surface area contributed by atoms with Crippen LogP contribution in [0.5, 0.6) is 0 Å². The van der Waals surface area contributed by atoms with E-state index in [0.717, 1.165) is 12.8 Å². The first-order chi connectivity index (χ1) is 12.6. The number of benzene rings is 1. The predicted molar refractivity (Wildman–Crippen MR) is 101 cm³/mol. The fraction of sp³-hybridized carbons (Fsp3) is 0.619. The highest BCUT2D eigenvalue weighted by atomic mass is 16.5. The first kappa shape index (κ1) is 18.9. The van der Waals surface area contributed by atoms with Crippen molar-refractivity contribution in [3.63, 3.8) is 0 Å². The molecule has 0 spiro atoms. The Bertz CT molecular complexity index is 611. The average Bonchev–Trinajstić information content (AvgIpc) is 3.16. The summed E-state index contributed by atoms with van der Waals surface area (Å²) in [6, 6.07) is 9.95. The van der Waals surface area contributed by atoms with E-state index in [4.69, 9.17) is 4.74 Å². The van der Waals surface area contributed by atoms with Crippen LogP contribution in [0.15, 0.2) is 30.3 Å². The highest BCUT2D eigenvalue weighted by molar-refractivity contribution is 5.88. The Morgan fingerprint density at radius 3 is 2.46 bits per heavy atom. The van der Waals surface area contributed by atoms with E-state index in [1.807, 2.05) is 28.0 Å². The number of carbonyl (C=O) groups is 2. The molecule has 2 aliphatic rings. The third-order valence-electron chi connectivity index (χ3n) is 5.61. The van der Waals surface area contributed by atoms with Gasteiger partial charge in [-0.2, -0.15) is 0 Å². The van der Waals surface area contributed by atoms with Crippen molar-refractivity contribution in [2.24, 2.45) is 5.92 Å². The molecule has 0 N–H and O–H groups in total. The number of carbonyl (C=O) groups excluding carboxylic acids is 2. The lowest BCUT2D eigenvalue weighted by Gasteiger charge is -2.33. The van der Waals surface area contributed by atoms with Crippen molar-refractivity contribution in [2.45, 2.75) is 45.1 Å². The molecule has 142 valence electrons. The quantitative estimate of drug-likeness (QED) is 0.813. The van der Waals surface area contributed by atoms with Gasteiger partial charge in [0.1, 0.15) is 6.04 Å². The summed E-state index contributed by atoms with van der Waals surface area (Å²) in [6.07, 6.45) is 2.15. The zero-order valence-corrected chi connectivity index (χ0v) is 15.9. The molecule has 3 rings (SSSR count). The van der Waals surface area contributed by atoms with Crippen molar-refractivity contribution < 1.29 is 14.3 Å². The summed E-state index contributed by atoms with van der Waals surface area (Å²) in [7, 11) is 0. The van der Waals surface area contributed by atoms with E-state index in [1.165, 1.54) is 5.56 Å². The molecule has 26 heavy (non-hydrogen) atoms. The zero-order chi connectivity index (χ0) is 18.5. The van der Waals surface area contributed by atoms with Crippen LogP contribution in [-0.2, 0) is 14.3 Å². The van der Waals surface area contributed by atoms with Crippen LogP contribution in [0.1, 0.15) is 44.6 Å². The second-order valence-electron chi connectivity index (χ2n) is 7.65. The molecule has 2 aliphatic heterocycles. The molecule has 5 nitrogen and oxygen atoms in total. The minimum absolute atomic E-state index is 0.0972. The van der Waals surface area contributed by atoms with Crippen molar-refractivity contribution >= 4 is 11.8 Å². The first-order valence-corrected chi connectivity index (χ1v) is 9.79. The van der Waals surface area contributed by atoms with Gasteiger partial charge in [-0.1, -0.05) is 44.2 Å². The van der Waals surface area contributed by atoms with Gasteiger partial charge in [-0.05, 0) is 30.2 Å². The number of ether oxygens (including phenoxy) is 1. The van der Waals surface area contributed by atoms with E-state index in [1.54, 1.807) is 0 Å². The third-order valence-corrected chi connectivity index (χ3v) is 5.61. The average molecular weight is 358 g/mol. The molecule has 2 atom stereocenters. The van der Waals surface area contributed by atoms with Crippen LogP contribution < -0.4 is 0 Å². The number of hydrogen-bond acceptors (Lipinski definition) is 3. The van der Waals surface area contributed by atoms with Crippen molar-refractivity contribution in [3.8, 4) is 0 Å². The lowest BCUT2D eigenvalue weighted by molar-refractivity contribution is -0.146. The number of rotatable bonds is 5. The Morgan fingerprint density at radius 2 is 1.81 bits per heavy atom. The molecule has 1 aromatic carbocycles. The van der Waals surface area contributed by atoms with Crippen LogP contribution >= 0.6 is 0 Å². The SMILES string of the molecule is CC(C)C(CC(=O)N1CCC[C@@H]1C(=O)N1CCOCC1)c1ccccc1. The topological polar surface area (TPSA) is 49.9 Å². The summed E-state index contributed by atoms with van der Waals surface area (Å²) in [5.41, 5.74) is 1.20. The lowest BCUT2D eigenvalue weighted by Crippen LogP contribution is -2.51. The van der Waals surface area contributed by atoms with E-state index < -0.39 is 0 Å². The molecule has 2 heterocycles. The largest absolute Gasteiger partial charge is 0.378 e. The number of nitrogens with zero attached hydrogens (tertiary/aromatic N) is 2. The minimum Gasteiger partial charge on any atom is -0.378 e. The van der Waals surface area contributed by atoms with E-state index in [-0.39, 0.29) is 23.8 Å². The van der Waals surface area contributed by atoms with Gasteiger partial charge in [0.25, 0.3) is 0 Å². The number of hydrogen-bond donors (Lipinski definition) is 0. The predicted octanol–water partition coefficient (Wildman–Crippen LogP) is 2.67. The molecule has 2 saturated heterocycles. The van der Waals surface area contributed by atoms with Crippen molar-refractivity contribution in [3.05, 3.63) is 35.9 Å². The van der Waals surface area contributed by atoms with E-state index in [9.17, 15) is 9.59 Å². The Labute approximate surface area is 156 Å². The van der Waals surface area contributed by atoms with Crippen molar-refractivity contribution in [1.29, 1.82) is 0 Å². The molecule has 0 aliphatic carbocycles. The molecule has 0 aromatic heterocycles. The summed E-state index contributed by atoms with van der Waals surface area (Å²) in [4.78, 5) is 29.6. The fourth-order valence-corrected chi connectivity index (χ4v) is 4.06. The summed E-state index contributed by atoms with van der Waals surface area (Å²) in [5.74, 6) is 0.761. The summed E-state index contributed by atoms with van der Waals surface area (Å²) in [5, 5.41) is 0. The van der Waals surface area contributed by atoms with Crippen molar-refractivity contribution in [1.82, 2.24) is 9.80 Å². The highest BCUT2D eigenvalue weighted by Gasteiger charge is 2.37. The lowest BCUT2D eigenvalue weighted by atomic mass is 9.85. The van der Waals surface area contributed by atoms with Crippen LogP contribution in [0.2, 0.25) is 0 Å². The monoisotopic (exact) mass is 358 g/mol. The van der Waals surface area contributed by atoms with Gasteiger partial charge in [0.2, 0.25) is 11.8 Å². The van der Waals surface area contributed by atoms with Crippen LogP contribution in [0.4, 0.5) is 0 Å². The molecule has 0 saturated carbocycles. The molecular weight excluding hydrogens is 328 g/mol. The van der Waals surface area contributed by atoms with Crippen LogP contribution in [0.25, 0.3) is 0 Å². The van der Waals surface area contributed by atoms with Gasteiger partial charge in [-0.25, -0.2) is 0 Å². The maximum atomic E-state index is 13.1. The second kappa shape index (κ2) is 8.67. The van der Waals surface area contributed by atoms with Crippen molar-refractivity contribution in [2.75, 3.05) is 32.8 Å². The van der Waals surface area contributed by atoms with Gasteiger partial charge < -0.3 is 14.5 Å². The first-order valence-electron chi connectivity index (χ1n) is 9.79. The molecule has 5 heteroatoms. The number of amides is 2. The van der Waals surface area contributed by atoms with Crippen LogP contribution in [-0.4, -0.2) is 60.5 Å². The van der Waals surface area contributed by atoms with E-state index >= 15 is 0 Å². The Kier molecular flexibility index (Phi) is 6.30. The highest BCUT2D eigenvalue weighted by Crippen LogP contribution is 2.30. The van der Waals surface area contributed by atoms with E-state index in [2.05, 4.69) is 26.0 Å². The zero-order valence-electron chi connectivity index (χ0n) is 15.9. The molecule has 1 unspecified atom stereocenters. The maximum absolute atomic E-state index is 13.1. The van der Waals surface area contributed by atoms with Gasteiger partial charge in [-0.15, -0.1) is 0 Å². The molecule has 1 aromatic rings. The molecule has 0 bridgehead atoms. The summed E-state index contributed by atoms with van der Waals surface area (Å²) < 4.78 is 5.34.